The molecule has 1 saturated heterocycles. The van der Waals surface area contributed by atoms with Crippen LogP contribution in [0.4, 0.5) is 0 Å². The molecule has 2 N–H and O–H groups in total. The lowest BCUT2D eigenvalue weighted by atomic mass is 10.1. The Morgan fingerprint density at radius 1 is 1.38 bits per heavy atom. The Labute approximate surface area is 78.1 Å². The highest BCUT2D eigenvalue weighted by Crippen LogP contribution is 2.16. The van der Waals surface area contributed by atoms with Crippen molar-refractivity contribution in [2.45, 2.75) is 38.6 Å². The number of nitrogens with zero attached hydrogens (tertiary/aromatic N) is 1. The van der Waals surface area contributed by atoms with Crippen LogP contribution in [-0.2, 0) is 9.59 Å². The summed E-state index contributed by atoms with van der Waals surface area (Å²) in [5.41, 5.74) is 5.38. The van der Waals surface area contributed by atoms with Gasteiger partial charge in [0.25, 0.3) is 0 Å². The van der Waals surface area contributed by atoms with Crippen LogP contribution < -0.4 is 5.73 Å². The molecule has 4 heteroatoms. The van der Waals surface area contributed by atoms with Gasteiger partial charge in [0.15, 0.2) is 0 Å². The minimum Gasteiger partial charge on any atom is -0.330 e. The van der Waals surface area contributed by atoms with Gasteiger partial charge in [-0.1, -0.05) is 0 Å². The normalized spacial score (nSPS) is 20.6. The van der Waals surface area contributed by atoms with Crippen LogP contribution in [0.2, 0.25) is 0 Å². The molecule has 1 aliphatic rings. The third kappa shape index (κ3) is 2.28. The molecule has 0 aromatic rings. The highest BCUT2D eigenvalue weighted by molar-refractivity contribution is 5.97. The van der Waals surface area contributed by atoms with Gasteiger partial charge in [0, 0.05) is 18.9 Å². The van der Waals surface area contributed by atoms with Crippen LogP contribution in [0.3, 0.4) is 0 Å². The first kappa shape index (κ1) is 10.2. The van der Waals surface area contributed by atoms with Crippen LogP contribution in [-0.4, -0.2) is 29.3 Å². The van der Waals surface area contributed by atoms with Crippen molar-refractivity contribution in [2.75, 3.05) is 6.54 Å². The van der Waals surface area contributed by atoms with Gasteiger partial charge in [-0.2, -0.15) is 0 Å². The molecular weight excluding hydrogens is 168 g/mol. The maximum Gasteiger partial charge on any atom is 0.229 e. The lowest BCUT2D eigenvalue weighted by Gasteiger charge is -2.30. The van der Waals surface area contributed by atoms with Gasteiger partial charge in [0.05, 0.1) is 0 Å². The van der Waals surface area contributed by atoms with E-state index in [1.807, 2.05) is 6.92 Å². The third-order valence-electron chi connectivity index (χ3n) is 2.34. The minimum atomic E-state index is -0.0443. The zero-order valence-corrected chi connectivity index (χ0v) is 7.95. The summed E-state index contributed by atoms with van der Waals surface area (Å²) in [6.45, 7) is 2.38. The van der Waals surface area contributed by atoms with E-state index >= 15 is 0 Å². The molecule has 0 aromatic heterocycles. The summed E-state index contributed by atoms with van der Waals surface area (Å²) in [6, 6.07) is -0.0368. The molecule has 0 saturated carbocycles. The molecule has 1 rings (SSSR count). The van der Waals surface area contributed by atoms with Crippen molar-refractivity contribution in [3.8, 4) is 0 Å². The number of hydrogen-bond acceptors (Lipinski definition) is 3. The van der Waals surface area contributed by atoms with Crippen molar-refractivity contribution >= 4 is 11.8 Å². The van der Waals surface area contributed by atoms with Gasteiger partial charge in [-0.25, -0.2) is 0 Å². The molecule has 2 amide bonds. The summed E-state index contributed by atoms with van der Waals surface area (Å²) < 4.78 is 0. The Balaban J connectivity index is 2.62. The molecule has 1 fully saturated rings. The smallest absolute Gasteiger partial charge is 0.229 e. The molecular formula is C9H16N2O2. The Hall–Kier alpha value is -0.900. The summed E-state index contributed by atoms with van der Waals surface area (Å²) in [5, 5.41) is 0. The highest BCUT2D eigenvalue weighted by atomic mass is 16.2. The van der Waals surface area contributed by atoms with Gasteiger partial charge in [0.2, 0.25) is 11.8 Å². The fourth-order valence-corrected chi connectivity index (χ4v) is 1.63. The van der Waals surface area contributed by atoms with E-state index < -0.39 is 0 Å². The lowest BCUT2D eigenvalue weighted by molar-refractivity contribution is -0.150. The Bertz CT molecular complexity index is 200. The molecule has 1 atom stereocenters. The van der Waals surface area contributed by atoms with Crippen molar-refractivity contribution in [1.82, 2.24) is 4.90 Å². The van der Waals surface area contributed by atoms with Crippen molar-refractivity contribution in [3.05, 3.63) is 0 Å². The number of likely N-dealkylation sites (tertiary alicyclic amines) is 1. The van der Waals surface area contributed by atoms with Gasteiger partial charge in [-0.15, -0.1) is 0 Å². The van der Waals surface area contributed by atoms with Crippen LogP contribution in [0.5, 0.6) is 0 Å². The maximum atomic E-state index is 11.4. The van der Waals surface area contributed by atoms with Crippen LogP contribution >= 0.6 is 0 Å². The van der Waals surface area contributed by atoms with E-state index in [9.17, 15) is 9.59 Å². The Kier molecular flexibility index (Phi) is 3.42. The monoisotopic (exact) mass is 184 g/mol. The maximum absolute atomic E-state index is 11.4. The predicted octanol–water partition coefficient (Wildman–Crippen LogP) is 0.263. The second-order valence-corrected chi connectivity index (χ2v) is 3.44. The van der Waals surface area contributed by atoms with E-state index in [4.69, 9.17) is 5.73 Å². The molecule has 4 nitrogen and oxygen atoms in total. The molecule has 0 radical (unpaired) electrons. The second-order valence-electron chi connectivity index (χ2n) is 3.44. The van der Waals surface area contributed by atoms with E-state index in [0.29, 0.717) is 32.2 Å². The number of nitrogens with two attached hydrogens (primary N) is 1. The van der Waals surface area contributed by atoms with Crippen molar-refractivity contribution < 1.29 is 9.59 Å². The Morgan fingerprint density at radius 3 is 2.38 bits per heavy atom. The number of rotatable bonds is 3. The van der Waals surface area contributed by atoms with Gasteiger partial charge in [-0.05, 0) is 26.3 Å². The van der Waals surface area contributed by atoms with Gasteiger partial charge >= 0.3 is 0 Å². The molecule has 74 valence electrons. The first-order chi connectivity index (χ1) is 6.16. The average Bonchev–Trinajstić information content (AvgIpc) is 2.04. The van der Waals surface area contributed by atoms with Crippen LogP contribution in [0.1, 0.15) is 32.6 Å². The van der Waals surface area contributed by atoms with Crippen LogP contribution in [0, 0.1) is 0 Å². The number of hydrogen-bond donors (Lipinski definition) is 1. The number of amides is 2. The second kappa shape index (κ2) is 4.37. The van der Waals surface area contributed by atoms with E-state index in [0.717, 1.165) is 0 Å². The number of carbonyl (C=O) groups is 2. The predicted molar refractivity (Wildman–Crippen MR) is 48.8 cm³/mol. The average molecular weight is 184 g/mol. The van der Waals surface area contributed by atoms with Gasteiger partial charge in [-0.3, -0.25) is 14.5 Å². The molecule has 1 aliphatic heterocycles. The third-order valence-corrected chi connectivity index (χ3v) is 2.34. The van der Waals surface area contributed by atoms with Gasteiger partial charge < -0.3 is 5.73 Å². The zero-order valence-electron chi connectivity index (χ0n) is 7.95. The lowest BCUT2D eigenvalue weighted by Crippen LogP contribution is -2.46. The summed E-state index contributed by atoms with van der Waals surface area (Å²) in [5.74, 6) is -0.0885. The van der Waals surface area contributed by atoms with E-state index in [-0.39, 0.29) is 17.9 Å². The van der Waals surface area contributed by atoms with Crippen molar-refractivity contribution in [3.63, 3.8) is 0 Å². The molecule has 13 heavy (non-hydrogen) atoms. The largest absolute Gasteiger partial charge is 0.330 e. The fourth-order valence-electron chi connectivity index (χ4n) is 1.63. The quantitative estimate of drug-likeness (QED) is 0.640. The van der Waals surface area contributed by atoms with Crippen molar-refractivity contribution in [2.24, 2.45) is 5.73 Å². The molecule has 0 spiro atoms. The highest BCUT2D eigenvalue weighted by Gasteiger charge is 2.29. The number of carbonyl (C=O) groups excluding carboxylic acids is 2. The fraction of sp³-hybridized carbons (Fsp3) is 0.778. The zero-order chi connectivity index (χ0) is 9.84. The molecule has 1 unspecified atom stereocenters. The summed E-state index contributed by atoms with van der Waals surface area (Å²) >= 11 is 0. The summed E-state index contributed by atoms with van der Waals surface area (Å²) in [7, 11) is 0. The molecule has 0 bridgehead atoms. The standard InChI is InChI=1S/C9H16N2O2/c1-7(5-6-10)11-8(12)3-2-4-9(11)13/h7H,2-6,10H2,1H3. The first-order valence-corrected chi connectivity index (χ1v) is 4.71. The number of imide groups is 1. The van der Waals surface area contributed by atoms with E-state index in [1.54, 1.807) is 0 Å². The molecule has 1 heterocycles. The first-order valence-electron chi connectivity index (χ1n) is 4.71. The summed E-state index contributed by atoms with van der Waals surface area (Å²) in [6.07, 6.45) is 2.39. The summed E-state index contributed by atoms with van der Waals surface area (Å²) in [4.78, 5) is 24.1. The number of piperidine rings is 1. The van der Waals surface area contributed by atoms with Crippen molar-refractivity contribution in [1.29, 1.82) is 0 Å². The minimum absolute atomic E-state index is 0.0368. The van der Waals surface area contributed by atoms with Gasteiger partial charge in [0.1, 0.15) is 0 Å². The topological polar surface area (TPSA) is 63.4 Å². The van der Waals surface area contributed by atoms with E-state index in [2.05, 4.69) is 0 Å². The van der Waals surface area contributed by atoms with Crippen LogP contribution in [0.15, 0.2) is 0 Å². The van der Waals surface area contributed by atoms with E-state index in [1.165, 1.54) is 4.90 Å². The van der Waals surface area contributed by atoms with Crippen LogP contribution in [0.25, 0.3) is 0 Å². The molecule has 0 aromatic carbocycles. The molecule has 0 aliphatic carbocycles. The Morgan fingerprint density at radius 2 is 1.92 bits per heavy atom. The SMILES string of the molecule is CC(CCN)N1C(=O)CCCC1=O.